The topological polar surface area (TPSA) is 76.2 Å². The Hall–Kier alpha value is -2.18. The molecule has 1 atom stereocenters. The summed E-state index contributed by atoms with van der Waals surface area (Å²) in [4.78, 5) is 14.1. The number of carbonyl (C=O) groups is 1. The average molecular weight is 301 g/mol. The van der Waals surface area contributed by atoms with Crippen LogP contribution in [0.5, 0.6) is 0 Å². The molecule has 0 aliphatic rings. The van der Waals surface area contributed by atoms with Gasteiger partial charge in [-0.2, -0.15) is 5.10 Å². The molecule has 2 aromatic rings. The van der Waals surface area contributed by atoms with E-state index in [1.807, 2.05) is 55.3 Å². The second kappa shape index (κ2) is 7.72. The molecule has 2 rings (SSSR count). The molecule has 0 bridgehead atoms. The smallest absolute Gasteiger partial charge is 0.227 e. The van der Waals surface area contributed by atoms with Crippen LogP contribution in [0.1, 0.15) is 18.0 Å². The van der Waals surface area contributed by atoms with Crippen LogP contribution >= 0.6 is 0 Å². The molecule has 1 amide bonds. The first-order valence-corrected chi connectivity index (χ1v) is 7.33. The van der Waals surface area contributed by atoms with Gasteiger partial charge >= 0.3 is 0 Å². The Balaban J connectivity index is 1.84. The molecule has 1 heterocycles. The van der Waals surface area contributed by atoms with Gasteiger partial charge in [0.1, 0.15) is 0 Å². The number of hydrogen-bond acceptors (Lipinski definition) is 4. The lowest BCUT2D eigenvalue weighted by molar-refractivity contribution is -0.116. The van der Waals surface area contributed by atoms with Crippen molar-refractivity contribution in [1.29, 1.82) is 0 Å². The standard InChI is InChI=1S/C16H23N5O/c1-20(2)10-11-21-9-8-15(19-21)18-16(22)12-14(17)13-6-4-3-5-7-13/h3-9,14H,10-12,17H2,1-2H3,(H,18,19,22). The van der Waals surface area contributed by atoms with E-state index in [0.717, 1.165) is 18.7 Å². The fourth-order valence-electron chi connectivity index (χ4n) is 2.07. The number of carbonyl (C=O) groups excluding carboxylic acids is 1. The average Bonchev–Trinajstić information content (AvgIpc) is 2.93. The third kappa shape index (κ3) is 4.98. The third-order valence-electron chi connectivity index (χ3n) is 3.32. The van der Waals surface area contributed by atoms with Crippen molar-refractivity contribution < 1.29 is 4.79 Å². The maximum atomic E-state index is 12.0. The Kier molecular flexibility index (Phi) is 5.68. The Morgan fingerprint density at radius 2 is 2.05 bits per heavy atom. The van der Waals surface area contributed by atoms with E-state index in [1.54, 1.807) is 6.07 Å². The molecule has 6 heteroatoms. The van der Waals surface area contributed by atoms with E-state index in [4.69, 9.17) is 5.73 Å². The first-order valence-electron chi connectivity index (χ1n) is 7.33. The Morgan fingerprint density at radius 1 is 1.32 bits per heavy atom. The monoisotopic (exact) mass is 301 g/mol. The van der Waals surface area contributed by atoms with Crippen molar-refractivity contribution in [1.82, 2.24) is 14.7 Å². The highest BCUT2D eigenvalue weighted by Crippen LogP contribution is 2.14. The second-order valence-corrected chi connectivity index (χ2v) is 5.54. The number of anilines is 1. The first kappa shape index (κ1) is 16.2. The molecule has 1 aromatic heterocycles. The van der Waals surface area contributed by atoms with Crippen LogP contribution in [0.15, 0.2) is 42.6 Å². The van der Waals surface area contributed by atoms with Crippen molar-refractivity contribution in [3.8, 4) is 0 Å². The number of likely N-dealkylation sites (N-methyl/N-ethyl adjacent to an activating group) is 1. The number of rotatable bonds is 7. The van der Waals surface area contributed by atoms with E-state index in [-0.39, 0.29) is 18.4 Å². The van der Waals surface area contributed by atoms with Crippen LogP contribution in [-0.4, -0.2) is 41.2 Å². The lowest BCUT2D eigenvalue weighted by atomic mass is 10.0. The molecule has 0 saturated carbocycles. The normalized spacial score (nSPS) is 12.4. The van der Waals surface area contributed by atoms with Crippen LogP contribution in [0, 0.1) is 0 Å². The Morgan fingerprint density at radius 3 is 2.73 bits per heavy atom. The molecular weight excluding hydrogens is 278 g/mol. The van der Waals surface area contributed by atoms with Gasteiger partial charge in [0, 0.05) is 31.3 Å². The second-order valence-electron chi connectivity index (χ2n) is 5.54. The van der Waals surface area contributed by atoms with E-state index in [0.29, 0.717) is 5.82 Å². The first-order chi connectivity index (χ1) is 10.5. The summed E-state index contributed by atoms with van der Waals surface area (Å²) in [6.45, 7) is 1.68. The van der Waals surface area contributed by atoms with Gasteiger partial charge in [-0.1, -0.05) is 30.3 Å². The highest BCUT2D eigenvalue weighted by Gasteiger charge is 2.12. The quantitative estimate of drug-likeness (QED) is 0.812. The molecule has 22 heavy (non-hydrogen) atoms. The number of nitrogens with two attached hydrogens (primary N) is 1. The van der Waals surface area contributed by atoms with E-state index in [9.17, 15) is 4.79 Å². The summed E-state index contributed by atoms with van der Waals surface area (Å²) in [5.74, 6) is 0.429. The van der Waals surface area contributed by atoms with Crippen molar-refractivity contribution >= 4 is 11.7 Å². The largest absolute Gasteiger partial charge is 0.324 e. The summed E-state index contributed by atoms with van der Waals surface area (Å²) in [5.41, 5.74) is 7.00. The van der Waals surface area contributed by atoms with Gasteiger partial charge < -0.3 is 16.0 Å². The molecule has 0 radical (unpaired) electrons. The van der Waals surface area contributed by atoms with Gasteiger partial charge in [-0.25, -0.2) is 0 Å². The predicted molar refractivity (Wildman–Crippen MR) is 87.4 cm³/mol. The summed E-state index contributed by atoms with van der Waals surface area (Å²) in [5, 5.41) is 7.11. The van der Waals surface area contributed by atoms with Gasteiger partial charge in [0.2, 0.25) is 5.91 Å². The van der Waals surface area contributed by atoms with Crippen molar-refractivity contribution in [3.05, 3.63) is 48.2 Å². The highest BCUT2D eigenvalue weighted by atomic mass is 16.1. The Bertz CT molecular complexity index is 594. The van der Waals surface area contributed by atoms with Crippen LogP contribution in [0.4, 0.5) is 5.82 Å². The van der Waals surface area contributed by atoms with Gasteiger partial charge in [-0.05, 0) is 19.7 Å². The number of amides is 1. The third-order valence-corrected chi connectivity index (χ3v) is 3.32. The van der Waals surface area contributed by atoms with E-state index in [2.05, 4.69) is 15.3 Å². The zero-order valence-electron chi connectivity index (χ0n) is 13.1. The van der Waals surface area contributed by atoms with Crippen LogP contribution in [-0.2, 0) is 11.3 Å². The van der Waals surface area contributed by atoms with E-state index >= 15 is 0 Å². The molecule has 0 saturated heterocycles. The van der Waals surface area contributed by atoms with Crippen LogP contribution in [0.3, 0.4) is 0 Å². The molecule has 118 valence electrons. The van der Waals surface area contributed by atoms with Crippen molar-refractivity contribution in [3.63, 3.8) is 0 Å². The minimum Gasteiger partial charge on any atom is -0.324 e. The minimum atomic E-state index is -0.308. The summed E-state index contributed by atoms with van der Waals surface area (Å²) < 4.78 is 1.81. The van der Waals surface area contributed by atoms with Gasteiger partial charge in [0.25, 0.3) is 0 Å². The fraction of sp³-hybridized carbons (Fsp3) is 0.375. The number of benzene rings is 1. The maximum Gasteiger partial charge on any atom is 0.227 e. The number of aromatic nitrogens is 2. The van der Waals surface area contributed by atoms with Crippen LogP contribution in [0.25, 0.3) is 0 Å². The highest BCUT2D eigenvalue weighted by molar-refractivity contribution is 5.90. The van der Waals surface area contributed by atoms with Crippen molar-refractivity contribution in [2.75, 3.05) is 26.0 Å². The lowest BCUT2D eigenvalue weighted by Gasteiger charge is -2.11. The molecule has 1 unspecified atom stereocenters. The van der Waals surface area contributed by atoms with Gasteiger partial charge in [0.05, 0.1) is 6.54 Å². The zero-order valence-corrected chi connectivity index (χ0v) is 13.1. The SMILES string of the molecule is CN(C)CCn1ccc(NC(=O)CC(N)c2ccccc2)n1. The molecular formula is C16H23N5O. The molecule has 3 N–H and O–H groups in total. The predicted octanol–water partition coefficient (Wildman–Crippen LogP) is 1.47. The number of hydrogen-bond donors (Lipinski definition) is 2. The van der Waals surface area contributed by atoms with Crippen LogP contribution < -0.4 is 11.1 Å². The number of nitrogens with zero attached hydrogens (tertiary/aromatic N) is 3. The Labute approximate surface area is 130 Å². The van der Waals surface area contributed by atoms with Crippen LogP contribution in [0.2, 0.25) is 0 Å². The maximum absolute atomic E-state index is 12.0. The summed E-state index contributed by atoms with van der Waals surface area (Å²) in [6.07, 6.45) is 2.09. The fourth-order valence-corrected chi connectivity index (χ4v) is 2.07. The lowest BCUT2D eigenvalue weighted by Crippen LogP contribution is -2.21. The van der Waals surface area contributed by atoms with Crippen molar-refractivity contribution in [2.24, 2.45) is 5.73 Å². The molecule has 0 fully saturated rings. The molecule has 0 aliphatic carbocycles. The zero-order chi connectivity index (χ0) is 15.9. The summed E-state index contributed by atoms with van der Waals surface area (Å²) >= 11 is 0. The van der Waals surface area contributed by atoms with Crippen molar-refractivity contribution in [2.45, 2.75) is 19.0 Å². The summed E-state index contributed by atoms with van der Waals surface area (Å²) in [6, 6.07) is 11.1. The summed E-state index contributed by atoms with van der Waals surface area (Å²) in [7, 11) is 4.02. The van der Waals surface area contributed by atoms with E-state index in [1.165, 1.54) is 0 Å². The van der Waals surface area contributed by atoms with Gasteiger partial charge in [-0.15, -0.1) is 0 Å². The van der Waals surface area contributed by atoms with Gasteiger partial charge in [0.15, 0.2) is 5.82 Å². The minimum absolute atomic E-state index is 0.130. The number of nitrogens with one attached hydrogen (secondary N) is 1. The molecule has 1 aromatic carbocycles. The van der Waals surface area contributed by atoms with E-state index < -0.39 is 0 Å². The molecule has 0 aliphatic heterocycles. The molecule has 0 spiro atoms. The molecule has 6 nitrogen and oxygen atoms in total. The van der Waals surface area contributed by atoms with Gasteiger partial charge in [-0.3, -0.25) is 9.48 Å².